The number of nitrogens with zero attached hydrogens (tertiary/aromatic N) is 3. The highest BCUT2D eigenvalue weighted by Crippen LogP contribution is 2.26. The molecular formula is C25H17N5O4S2. The summed E-state index contributed by atoms with van der Waals surface area (Å²) in [5.74, 6) is -0.452. The van der Waals surface area contributed by atoms with E-state index in [2.05, 4.69) is 20.6 Å². The van der Waals surface area contributed by atoms with E-state index in [0.717, 1.165) is 22.8 Å². The Morgan fingerprint density at radius 3 is 1.92 bits per heavy atom. The molecule has 0 unspecified atom stereocenters. The molecule has 3 aromatic carbocycles. The van der Waals surface area contributed by atoms with Crippen LogP contribution in [0.3, 0.4) is 0 Å². The number of benzene rings is 3. The van der Waals surface area contributed by atoms with E-state index >= 15 is 0 Å². The summed E-state index contributed by atoms with van der Waals surface area (Å²) in [4.78, 5) is 33.4. The number of rotatable bonds is 8. The van der Waals surface area contributed by atoms with Crippen LogP contribution in [0.25, 0.3) is 22.2 Å². The molecule has 2 N–H and O–H groups in total. The molecule has 5 aromatic rings. The summed E-state index contributed by atoms with van der Waals surface area (Å²) in [6.07, 6.45) is 0. The summed E-state index contributed by atoms with van der Waals surface area (Å²) in [6.45, 7) is 0. The third-order valence-electron chi connectivity index (χ3n) is 4.90. The van der Waals surface area contributed by atoms with Crippen LogP contribution < -0.4 is 10.6 Å². The predicted octanol–water partition coefficient (Wildman–Crippen LogP) is 5.30. The van der Waals surface area contributed by atoms with Crippen LogP contribution in [0.2, 0.25) is 0 Å². The highest BCUT2D eigenvalue weighted by molar-refractivity contribution is 8.00. The zero-order valence-corrected chi connectivity index (χ0v) is 20.2. The first-order chi connectivity index (χ1) is 17.6. The van der Waals surface area contributed by atoms with Gasteiger partial charge in [0.1, 0.15) is 17.1 Å². The zero-order valence-electron chi connectivity index (χ0n) is 18.6. The third-order valence-corrected chi connectivity index (χ3v) is 6.56. The minimum atomic E-state index is -0.315. The van der Waals surface area contributed by atoms with Gasteiger partial charge in [-0.25, -0.2) is 9.97 Å². The summed E-state index contributed by atoms with van der Waals surface area (Å²) in [6, 6.07) is 21.4. The number of para-hydroxylation sites is 4. The molecule has 11 heteroatoms. The van der Waals surface area contributed by atoms with E-state index in [9.17, 15) is 14.9 Å². The fourth-order valence-electron chi connectivity index (χ4n) is 3.29. The van der Waals surface area contributed by atoms with Gasteiger partial charge in [0.05, 0.1) is 22.8 Å². The van der Waals surface area contributed by atoms with Crippen molar-refractivity contribution in [1.82, 2.24) is 9.97 Å². The summed E-state index contributed by atoms with van der Waals surface area (Å²) in [5, 5.41) is 15.8. The normalized spacial score (nSPS) is 10.9. The minimum Gasteiger partial charge on any atom is -0.431 e. The number of thioether (sulfide) groups is 2. The SMILES string of the molecule is N#Cc1cc(NC(=O)CSc2nc3ccccc3o2)ccc1NC(=O)CSc1nc2ccccc2o1. The molecule has 2 amide bonds. The number of oxazole rings is 2. The van der Waals surface area contributed by atoms with E-state index < -0.39 is 0 Å². The highest BCUT2D eigenvalue weighted by Gasteiger charge is 2.13. The Morgan fingerprint density at radius 2 is 1.36 bits per heavy atom. The lowest BCUT2D eigenvalue weighted by atomic mass is 10.1. The molecule has 0 saturated carbocycles. The first kappa shape index (κ1) is 23.5. The van der Waals surface area contributed by atoms with Crippen molar-refractivity contribution in [3.05, 3.63) is 72.3 Å². The van der Waals surface area contributed by atoms with Crippen molar-refractivity contribution in [3.63, 3.8) is 0 Å². The van der Waals surface area contributed by atoms with Crippen molar-refractivity contribution in [2.45, 2.75) is 10.4 Å². The van der Waals surface area contributed by atoms with Crippen molar-refractivity contribution >= 4 is 68.9 Å². The first-order valence-corrected chi connectivity index (χ1v) is 12.6. The molecule has 0 radical (unpaired) electrons. The van der Waals surface area contributed by atoms with Crippen LogP contribution in [-0.4, -0.2) is 33.3 Å². The molecule has 0 aliphatic carbocycles. The average Bonchev–Trinajstić information content (AvgIpc) is 3.50. The Labute approximate surface area is 213 Å². The number of carbonyl (C=O) groups is 2. The number of hydrogen-bond donors (Lipinski definition) is 2. The second-order valence-electron chi connectivity index (χ2n) is 7.44. The average molecular weight is 516 g/mol. The minimum absolute atomic E-state index is 0.0588. The van der Waals surface area contributed by atoms with E-state index in [-0.39, 0.29) is 28.9 Å². The fourth-order valence-corrected chi connectivity index (χ4v) is 4.56. The molecule has 0 aliphatic rings. The Bertz CT molecular complexity index is 1560. The summed E-state index contributed by atoms with van der Waals surface area (Å²) in [7, 11) is 0. The van der Waals surface area contributed by atoms with E-state index in [1.807, 2.05) is 48.5 Å². The van der Waals surface area contributed by atoms with Crippen LogP contribution in [0.5, 0.6) is 0 Å². The molecule has 9 nitrogen and oxygen atoms in total. The maximum absolute atomic E-state index is 12.4. The number of anilines is 2. The molecule has 0 bridgehead atoms. The number of nitriles is 1. The van der Waals surface area contributed by atoms with Crippen LogP contribution in [0.1, 0.15) is 5.56 Å². The van der Waals surface area contributed by atoms with Gasteiger partial charge in [-0.3, -0.25) is 9.59 Å². The van der Waals surface area contributed by atoms with Gasteiger partial charge in [-0.15, -0.1) is 0 Å². The molecule has 0 saturated heterocycles. The van der Waals surface area contributed by atoms with Crippen LogP contribution in [0, 0.1) is 11.3 Å². The lowest BCUT2D eigenvalue weighted by molar-refractivity contribution is -0.114. The maximum atomic E-state index is 12.4. The Kier molecular flexibility index (Phi) is 6.88. The maximum Gasteiger partial charge on any atom is 0.257 e. The lowest BCUT2D eigenvalue weighted by Crippen LogP contribution is -2.16. The first-order valence-electron chi connectivity index (χ1n) is 10.7. The Morgan fingerprint density at radius 1 is 0.806 bits per heavy atom. The molecule has 2 heterocycles. The molecule has 178 valence electrons. The number of fused-ring (bicyclic) bond motifs is 2. The topological polar surface area (TPSA) is 134 Å². The summed E-state index contributed by atoms with van der Waals surface area (Å²) >= 11 is 2.33. The van der Waals surface area contributed by atoms with Gasteiger partial charge < -0.3 is 19.5 Å². The van der Waals surface area contributed by atoms with Gasteiger partial charge in [0, 0.05) is 5.69 Å². The Hall–Kier alpha value is -4.27. The number of amides is 2. The van der Waals surface area contributed by atoms with E-state index in [0.29, 0.717) is 33.0 Å². The summed E-state index contributed by atoms with van der Waals surface area (Å²) < 4.78 is 11.2. The fraction of sp³-hybridized carbons (Fsp3) is 0.0800. The molecule has 0 aliphatic heterocycles. The smallest absolute Gasteiger partial charge is 0.257 e. The van der Waals surface area contributed by atoms with Crippen molar-refractivity contribution in [2.24, 2.45) is 0 Å². The van der Waals surface area contributed by atoms with Crippen molar-refractivity contribution in [1.29, 1.82) is 5.26 Å². The Balaban J connectivity index is 1.15. The van der Waals surface area contributed by atoms with Gasteiger partial charge in [-0.2, -0.15) is 5.26 Å². The lowest BCUT2D eigenvalue weighted by Gasteiger charge is -2.09. The van der Waals surface area contributed by atoms with Gasteiger partial charge >= 0.3 is 0 Å². The summed E-state index contributed by atoms with van der Waals surface area (Å²) in [5.41, 5.74) is 3.76. The molecular weight excluding hydrogens is 498 g/mol. The number of carbonyl (C=O) groups excluding carboxylic acids is 2. The number of aromatic nitrogens is 2. The largest absolute Gasteiger partial charge is 0.431 e. The van der Waals surface area contributed by atoms with Crippen LogP contribution in [0.15, 0.2) is 86.0 Å². The molecule has 36 heavy (non-hydrogen) atoms. The number of nitrogens with one attached hydrogen (secondary N) is 2. The van der Waals surface area contributed by atoms with Gasteiger partial charge in [-0.05, 0) is 42.5 Å². The van der Waals surface area contributed by atoms with Gasteiger partial charge in [0.2, 0.25) is 11.8 Å². The number of hydrogen-bond acceptors (Lipinski definition) is 9. The van der Waals surface area contributed by atoms with Crippen molar-refractivity contribution in [2.75, 3.05) is 22.1 Å². The van der Waals surface area contributed by atoms with Gasteiger partial charge in [0.15, 0.2) is 11.2 Å². The highest BCUT2D eigenvalue weighted by atomic mass is 32.2. The molecule has 0 spiro atoms. The molecule has 5 rings (SSSR count). The van der Waals surface area contributed by atoms with Crippen LogP contribution in [-0.2, 0) is 9.59 Å². The van der Waals surface area contributed by atoms with E-state index in [1.165, 1.54) is 17.8 Å². The van der Waals surface area contributed by atoms with E-state index in [4.69, 9.17) is 8.83 Å². The third kappa shape index (κ3) is 5.51. The predicted molar refractivity (Wildman–Crippen MR) is 138 cm³/mol. The standard InChI is InChI=1S/C25H17N5O4S2/c26-12-15-11-16(27-22(31)13-35-24-29-18-5-1-3-7-20(18)33-24)9-10-17(15)28-23(32)14-36-25-30-19-6-2-4-8-21(19)34-25/h1-11H,13-14H2,(H,27,31)(H,28,32). The van der Waals surface area contributed by atoms with E-state index in [1.54, 1.807) is 18.2 Å². The quantitative estimate of drug-likeness (QED) is 0.264. The van der Waals surface area contributed by atoms with Crippen molar-refractivity contribution < 1.29 is 18.4 Å². The van der Waals surface area contributed by atoms with Gasteiger partial charge in [-0.1, -0.05) is 47.8 Å². The van der Waals surface area contributed by atoms with Crippen molar-refractivity contribution in [3.8, 4) is 6.07 Å². The molecule has 0 fully saturated rings. The second kappa shape index (κ2) is 10.6. The zero-order chi connectivity index (χ0) is 24.9. The second-order valence-corrected chi connectivity index (χ2v) is 9.29. The van der Waals surface area contributed by atoms with Crippen LogP contribution in [0.4, 0.5) is 11.4 Å². The monoisotopic (exact) mass is 515 g/mol. The van der Waals surface area contributed by atoms with Gasteiger partial charge in [0.25, 0.3) is 10.4 Å². The van der Waals surface area contributed by atoms with Crippen LogP contribution >= 0.6 is 23.5 Å². The molecule has 0 atom stereocenters. The molecule has 2 aromatic heterocycles.